The zero-order chi connectivity index (χ0) is 20.7. The van der Waals surface area contributed by atoms with Crippen LogP contribution < -0.4 is 0 Å². The van der Waals surface area contributed by atoms with Crippen LogP contribution in [0.5, 0.6) is 0 Å². The van der Waals surface area contributed by atoms with Crippen LogP contribution in [0.4, 0.5) is 0 Å². The van der Waals surface area contributed by atoms with E-state index in [2.05, 4.69) is 32.9 Å². The average molecular weight is 395 g/mol. The number of rotatable bonds is 21. The molecule has 0 heterocycles. The molecule has 0 aromatic rings. The van der Waals surface area contributed by atoms with Crippen molar-refractivity contribution in [1.29, 1.82) is 0 Å². The summed E-state index contributed by atoms with van der Waals surface area (Å²) in [6, 6.07) is 0. The number of hydrogen-bond acceptors (Lipinski definition) is 2. The summed E-state index contributed by atoms with van der Waals surface area (Å²) in [5.41, 5.74) is 0. The van der Waals surface area contributed by atoms with Crippen LogP contribution in [0.15, 0.2) is 12.2 Å². The Labute approximate surface area is 176 Å². The molecule has 2 nitrogen and oxygen atoms in total. The number of esters is 1. The molecule has 0 saturated heterocycles. The summed E-state index contributed by atoms with van der Waals surface area (Å²) >= 11 is 0. The maximum Gasteiger partial charge on any atom is 0.305 e. The van der Waals surface area contributed by atoms with Gasteiger partial charge in [-0.25, -0.2) is 0 Å². The van der Waals surface area contributed by atoms with Gasteiger partial charge < -0.3 is 4.74 Å². The number of hydrogen-bond donors (Lipinski definition) is 0. The predicted octanol–water partition coefficient (Wildman–Crippen LogP) is 8.78. The van der Waals surface area contributed by atoms with Gasteiger partial charge in [0.1, 0.15) is 0 Å². The van der Waals surface area contributed by atoms with Crippen molar-refractivity contribution in [3.63, 3.8) is 0 Å². The first kappa shape index (κ1) is 27.2. The molecule has 0 rings (SSSR count). The number of ether oxygens (including phenoxy) is 1. The number of allylic oxidation sites excluding steroid dienone is 2. The van der Waals surface area contributed by atoms with E-state index in [1.54, 1.807) is 0 Å². The Kier molecular flexibility index (Phi) is 21.9. The highest BCUT2D eigenvalue weighted by Crippen LogP contribution is 2.12. The third kappa shape index (κ3) is 23.2. The van der Waals surface area contributed by atoms with Gasteiger partial charge in [-0.1, -0.05) is 110 Å². The molecule has 0 aliphatic carbocycles. The zero-order valence-corrected chi connectivity index (χ0v) is 19.5. The van der Waals surface area contributed by atoms with Gasteiger partial charge in [-0.05, 0) is 38.0 Å². The Hall–Kier alpha value is -0.790. The molecule has 0 N–H and O–H groups in total. The van der Waals surface area contributed by atoms with E-state index in [1.165, 1.54) is 103 Å². The van der Waals surface area contributed by atoms with Crippen molar-refractivity contribution in [2.24, 2.45) is 5.92 Å². The van der Waals surface area contributed by atoms with Crippen LogP contribution in [-0.2, 0) is 9.53 Å². The fraction of sp³-hybridized carbons (Fsp3) is 0.885. The van der Waals surface area contributed by atoms with Crippen LogP contribution >= 0.6 is 0 Å². The summed E-state index contributed by atoms with van der Waals surface area (Å²) in [7, 11) is 0. The largest absolute Gasteiger partial charge is 0.465 e. The molecule has 0 aliphatic heterocycles. The lowest BCUT2D eigenvalue weighted by atomic mass is 10.1. The molecule has 0 aromatic heterocycles. The van der Waals surface area contributed by atoms with Gasteiger partial charge in [0.15, 0.2) is 0 Å². The summed E-state index contributed by atoms with van der Waals surface area (Å²) in [6.45, 7) is 6.98. The van der Waals surface area contributed by atoms with E-state index in [4.69, 9.17) is 4.74 Å². The van der Waals surface area contributed by atoms with Crippen molar-refractivity contribution in [1.82, 2.24) is 0 Å². The smallest absolute Gasteiger partial charge is 0.305 e. The quantitative estimate of drug-likeness (QED) is 0.110. The van der Waals surface area contributed by atoms with Crippen molar-refractivity contribution in [2.75, 3.05) is 6.61 Å². The summed E-state index contributed by atoms with van der Waals surface area (Å²) in [4.78, 5) is 11.5. The molecule has 28 heavy (non-hydrogen) atoms. The van der Waals surface area contributed by atoms with E-state index < -0.39 is 0 Å². The van der Waals surface area contributed by atoms with Gasteiger partial charge >= 0.3 is 5.97 Å². The Bertz CT molecular complexity index is 346. The molecular formula is C26H50O2. The number of carbonyl (C=O) groups excluding carboxylic acids is 1. The molecular weight excluding hydrogens is 344 g/mol. The standard InChI is InChI=1S/C26H50O2/c1-4-5-6-7-8-9-10-11-12-13-14-15-16-17-18-19-20-21-22-23-26(27)28-24-25(2)3/h11-12,25H,4-10,13-24H2,1-3H3/b12-11+. The lowest BCUT2D eigenvalue weighted by Crippen LogP contribution is -2.09. The molecule has 2 heteroatoms. The first-order valence-corrected chi connectivity index (χ1v) is 12.5. The zero-order valence-electron chi connectivity index (χ0n) is 19.5. The highest BCUT2D eigenvalue weighted by atomic mass is 16.5. The summed E-state index contributed by atoms with van der Waals surface area (Å²) in [5, 5.41) is 0. The van der Waals surface area contributed by atoms with Crippen molar-refractivity contribution >= 4 is 5.97 Å². The number of carbonyl (C=O) groups is 1. The van der Waals surface area contributed by atoms with Gasteiger partial charge in [-0.15, -0.1) is 0 Å². The van der Waals surface area contributed by atoms with Crippen LogP contribution in [0.3, 0.4) is 0 Å². The second-order valence-electron chi connectivity index (χ2n) is 8.83. The fourth-order valence-corrected chi connectivity index (χ4v) is 3.38. The topological polar surface area (TPSA) is 26.3 Å². The fourth-order valence-electron chi connectivity index (χ4n) is 3.38. The molecule has 0 aliphatic rings. The van der Waals surface area contributed by atoms with Crippen LogP contribution in [0.2, 0.25) is 0 Å². The molecule has 0 spiro atoms. The first-order chi connectivity index (χ1) is 13.7. The van der Waals surface area contributed by atoms with Gasteiger partial charge in [0.2, 0.25) is 0 Å². The molecule has 0 amide bonds. The van der Waals surface area contributed by atoms with E-state index in [0.717, 1.165) is 6.42 Å². The maximum atomic E-state index is 11.5. The van der Waals surface area contributed by atoms with E-state index in [-0.39, 0.29) is 5.97 Å². The van der Waals surface area contributed by atoms with Crippen LogP contribution in [-0.4, -0.2) is 12.6 Å². The minimum atomic E-state index is -0.0188. The highest BCUT2D eigenvalue weighted by molar-refractivity contribution is 5.69. The van der Waals surface area contributed by atoms with Gasteiger partial charge in [-0.2, -0.15) is 0 Å². The lowest BCUT2D eigenvalue weighted by molar-refractivity contribution is -0.144. The average Bonchev–Trinajstić information content (AvgIpc) is 2.68. The van der Waals surface area contributed by atoms with Gasteiger partial charge in [-0.3, -0.25) is 4.79 Å². The molecule has 166 valence electrons. The normalized spacial score (nSPS) is 11.6. The Morgan fingerprint density at radius 3 is 1.57 bits per heavy atom. The second-order valence-corrected chi connectivity index (χ2v) is 8.83. The monoisotopic (exact) mass is 394 g/mol. The van der Waals surface area contributed by atoms with Gasteiger partial charge in [0.05, 0.1) is 6.61 Å². The third-order valence-electron chi connectivity index (χ3n) is 5.22. The van der Waals surface area contributed by atoms with E-state index >= 15 is 0 Å². The van der Waals surface area contributed by atoms with Gasteiger partial charge in [0.25, 0.3) is 0 Å². The van der Waals surface area contributed by atoms with Crippen molar-refractivity contribution in [3.05, 3.63) is 12.2 Å². The molecule has 0 saturated carbocycles. The SMILES string of the molecule is CCCCCCCC/C=C/CCCCCCCCCCCC(=O)OCC(C)C. The molecule has 0 fully saturated rings. The van der Waals surface area contributed by atoms with Crippen LogP contribution in [0, 0.1) is 5.92 Å². The summed E-state index contributed by atoms with van der Waals surface area (Å²) in [6.07, 6.45) is 27.9. The minimum absolute atomic E-state index is 0.0188. The molecule has 0 bridgehead atoms. The van der Waals surface area contributed by atoms with Gasteiger partial charge in [0, 0.05) is 6.42 Å². The molecule has 0 aromatic carbocycles. The van der Waals surface area contributed by atoms with E-state index in [0.29, 0.717) is 18.9 Å². The van der Waals surface area contributed by atoms with Crippen LogP contribution in [0.1, 0.15) is 136 Å². The van der Waals surface area contributed by atoms with Crippen LogP contribution in [0.25, 0.3) is 0 Å². The van der Waals surface area contributed by atoms with Crippen molar-refractivity contribution in [2.45, 2.75) is 136 Å². The van der Waals surface area contributed by atoms with E-state index in [9.17, 15) is 4.79 Å². The highest BCUT2D eigenvalue weighted by Gasteiger charge is 2.03. The Balaban J connectivity index is 3.15. The second kappa shape index (κ2) is 22.5. The van der Waals surface area contributed by atoms with E-state index in [1.807, 2.05) is 0 Å². The predicted molar refractivity (Wildman–Crippen MR) is 124 cm³/mol. The molecule has 0 unspecified atom stereocenters. The Morgan fingerprint density at radius 2 is 1.11 bits per heavy atom. The summed E-state index contributed by atoms with van der Waals surface area (Å²) < 4.78 is 5.20. The Morgan fingerprint density at radius 1 is 0.679 bits per heavy atom. The minimum Gasteiger partial charge on any atom is -0.465 e. The third-order valence-corrected chi connectivity index (χ3v) is 5.22. The number of unbranched alkanes of at least 4 members (excludes halogenated alkanes) is 15. The lowest BCUT2D eigenvalue weighted by Gasteiger charge is -2.06. The first-order valence-electron chi connectivity index (χ1n) is 12.5. The molecule has 0 radical (unpaired) electrons. The van der Waals surface area contributed by atoms with Crippen molar-refractivity contribution < 1.29 is 9.53 Å². The molecule has 0 atom stereocenters. The summed E-state index contributed by atoms with van der Waals surface area (Å²) in [5.74, 6) is 0.416. The van der Waals surface area contributed by atoms with Crippen molar-refractivity contribution in [3.8, 4) is 0 Å². The maximum absolute atomic E-state index is 11.5.